The Bertz CT molecular complexity index is 373. The minimum atomic E-state index is 0.300. The highest BCUT2D eigenvalue weighted by Gasteiger charge is 2.50. The molecule has 4 saturated heterocycles. The first kappa shape index (κ1) is 14.4. The number of nitrogens with two attached hydrogens (primary N) is 1. The summed E-state index contributed by atoms with van der Waals surface area (Å²) in [5, 5.41) is 0. The van der Waals surface area contributed by atoms with Gasteiger partial charge in [-0.05, 0) is 38.3 Å². The smallest absolute Gasteiger partial charge is 0.0594 e. The molecule has 0 aromatic heterocycles. The average molecular weight is 294 g/mol. The maximum atomic E-state index is 6.33. The molecule has 0 spiro atoms. The lowest BCUT2D eigenvalue weighted by Gasteiger charge is -2.49. The maximum Gasteiger partial charge on any atom is 0.0594 e. The first-order valence-electron chi connectivity index (χ1n) is 8.81. The van der Waals surface area contributed by atoms with Crippen LogP contribution in [0.3, 0.4) is 0 Å². The predicted octanol–water partition coefficient (Wildman–Crippen LogP) is -0.184. The molecule has 0 saturated carbocycles. The van der Waals surface area contributed by atoms with Crippen LogP contribution in [0, 0.1) is 5.92 Å². The van der Waals surface area contributed by atoms with Gasteiger partial charge in [0.15, 0.2) is 0 Å². The molecule has 4 unspecified atom stereocenters. The minimum Gasteiger partial charge on any atom is -0.379 e. The largest absolute Gasteiger partial charge is 0.379 e. The van der Waals surface area contributed by atoms with Gasteiger partial charge in [-0.1, -0.05) is 0 Å². The van der Waals surface area contributed by atoms with E-state index in [1.807, 2.05) is 0 Å². The highest BCUT2D eigenvalue weighted by atomic mass is 16.5. The first-order valence-corrected chi connectivity index (χ1v) is 8.81. The Labute approximate surface area is 128 Å². The lowest BCUT2D eigenvalue weighted by atomic mass is 9.77. The monoisotopic (exact) mass is 294 g/mol. The summed E-state index contributed by atoms with van der Waals surface area (Å²) in [6.45, 7) is 11.2. The van der Waals surface area contributed by atoms with Crippen molar-refractivity contribution < 1.29 is 4.74 Å². The summed E-state index contributed by atoms with van der Waals surface area (Å²) < 4.78 is 5.50. The van der Waals surface area contributed by atoms with E-state index in [-0.39, 0.29) is 0 Å². The molecular formula is C16H30N4O. The first-order chi connectivity index (χ1) is 10.3. The molecule has 2 N–H and O–H groups in total. The molecular weight excluding hydrogens is 264 g/mol. The highest BCUT2D eigenvalue weighted by molar-refractivity contribution is 5.07. The minimum absolute atomic E-state index is 0.300. The number of rotatable bonds is 3. The normalized spacial score (nSPS) is 45.3. The zero-order valence-corrected chi connectivity index (χ0v) is 13.2. The number of fused-ring (bicyclic) bond motifs is 2. The molecule has 4 atom stereocenters. The second kappa shape index (κ2) is 5.78. The van der Waals surface area contributed by atoms with E-state index in [4.69, 9.17) is 10.5 Å². The summed E-state index contributed by atoms with van der Waals surface area (Å²) in [6, 6.07) is 0.733. The van der Waals surface area contributed by atoms with Crippen molar-refractivity contribution in [1.82, 2.24) is 14.7 Å². The van der Waals surface area contributed by atoms with E-state index in [1.165, 1.54) is 52.0 Å². The van der Waals surface area contributed by atoms with Crippen molar-refractivity contribution in [3.8, 4) is 0 Å². The van der Waals surface area contributed by atoms with E-state index in [1.54, 1.807) is 0 Å². The van der Waals surface area contributed by atoms with Crippen molar-refractivity contribution in [2.45, 2.75) is 30.8 Å². The van der Waals surface area contributed by atoms with Gasteiger partial charge in [-0.25, -0.2) is 0 Å². The molecule has 0 radical (unpaired) electrons. The van der Waals surface area contributed by atoms with Crippen molar-refractivity contribution in [3.05, 3.63) is 0 Å². The Kier molecular flexibility index (Phi) is 3.96. The lowest BCUT2D eigenvalue weighted by molar-refractivity contribution is 0.000410. The summed E-state index contributed by atoms with van der Waals surface area (Å²) in [5.74, 6) is 0.805. The summed E-state index contributed by atoms with van der Waals surface area (Å²) in [6.07, 6.45) is 3.96. The van der Waals surface area contributed by atoms with Crippen molar-refractivity contribution >= 4 is 0 Å². The number of nitrogens with zero attached hydrogens (tertiary/aromatic N) is 3. The van der Waals surface area contributed by atoms with E-state index in [0.717, 1.165) is 44.8 Å². The van der Waals surface area contributed by atoms with E-state index in [2.05, 4.69) is 14.7 Å². The zero-order valence-electron chi connectivity index (χ0n) is 13.2. The van der Waals surface area contributed by atoms with E-state index < -0.39 is 0 Å². The van der Waals surface area contributed by atoms with Crippen molar-refractivity contribution in [3.63, 3.8) is 0 Å². The Morgan fingerprint density at radius 3 is 2.67 bits per heavy atom. The fraction of sp³-hybridized carbons (Fsp3) is 1.00. The number of hydrogen-bond donors (Lipinski definition) is 1. The molecule has 120 valence electrons. The summed E-state index contributed by atoms with van der Waals surface area (Å²) >= 11 is 0. The highest BCUT2D eigenvalue weighted by Crippen LogP contribution is 2.41. The third kappa shape index (κ3) is 2.43. The van der Waals surface area contributed by atoms with E-state index in [0.29, 0.717) is 5.54 Å². The Morgan fingerprint density at radius 2 is 1.86 bits per heavy atom. The third-order valence-electron chi connectivity index (χ3n) is 6.60. The molecule has 0 aromatic rings. The van der Waals surface area contributed by atoms with Crippen LogP contribution in [0.15, 0.2) is 0 Å². The SMILES string of the molecule is NCC1(N2CCC(N3CCOCC3)C2)CCN2CCC1C2. The summed E-state index contributed by atoms with van der Waals surface area (Å²) in [7, 11) is 0. The lowest BCUT2D eigenvalue weighted by Crippen LogP contribution is -2.62. The van der Waals surface area contributed by atoms with E-state index >= 15 is 0 Å². The fourth-order valence-electron chi connectivity index (χ4n) is 5.23. The average Bonchev–Trinajstić information content (AvgIpc) is 3.18. The molecule has 5 heteroatoms. The van der Waals surface area contributed by atoms with Gasteiger partial charge in [-0.15, -0.1) is 0 Å². The van der Waals surface area contributed by atoms with Crippen LogP contribution in [0.5, 0.6) is 0 Å². The molecule has 0 amide bonds. The van der Waals surface area contributed by atoms with Crippen LogP contribution in [-0.2, 0) is 4.74 Å². The maximum absolute atomic E-state index is 6.33. The van der Waals surface area contributed by atoms with Crippen LogP contribution < -0.4 is 5.73 Å². The summed E-state index contributed by atoms with van der Waals surface area (Å²) in [4.78, 5) is 8.06. The molecule has 0 aromatic carbocycles. The Morgan fingerprint density at radius 1 is 1.00 bits per heavy atom. The number of morpholine rings is 1. The third-order valence-corrected chi connectivity index (χ3v) is 6.60. The standard InChI is InChI=1S/C16H30N4O/c17-13-16(3-6-18-4-1-14(16)11-18)20-5-2-15(12-20)19-7-9-21-10-8-19/h14-15H,1-13,17H2. The van der Waals surface area contributed by atoms with Gasteiger partial charge in [0.25, 0.3) is 0 Å². The van der Waals surface area contributed by atoms with Gasteiger partial charge in [-0.3, -0.25) is 9.80 Å². The van der Waals surface area contributed by atoms with Crippen LogP contribution >= 0.6 is 0 Å². The van der Waals surface area contributed by atoms with Gasteiger partial charge in [0.2, 0.25) is 0 Å². The molecule has 21 heavy (non-hydrogen) atoms. The van der Waals surface area contributed by atoms with Crippen molar-refractivity contribution in [2.75, 3.05) is 65.6 Å². The zero-order chi connectivity index (χ0) is 14.3. The molecule has 4 aliphatic rings. The van der Waals surface area contributed by atoms with Crippen LogP contribution in [0.2, 0.25) is 0 Å². The van der Waals surface area contributed by atoms with Crippen molar-refractivity contribution in [2.24, 2.45) is 11.7 Å². The van der Waals surface area contributed by atoms with E-state index in [9.17, 15) is 0 Å². The van der Waals surface area contributed by atoms with Crippen LogP contribution in [0.4, 0.5) is 0 Å². The van der Waals surface area contributed by atoms with Gasteiger partial charge in [-0.2, -0.15) is 0 Å². The molecule has 4 aliphatic heterocycles. The molecule has 2 bridgehead atoms. The van der Waals surface area contributed by atoms with Gasteiger partial charge in [0.1, 0.15) is 0 Å². The molecule has 4 heterocycles. The predicted molar refractivity (Wildman–Crippen MR) is 83.3 cm³/mol. The number of likely N-dealkylation sites (tertiary alicyclic amines) is 1. The van der Waals surface area contributed by atoms with Crippen LogP contribution in [0.25, 0.3) is 0 Å². The number of hydrogen-bond acceptors (Lipinski definition) is 5. The number of ether oxygens (including phenoxy) is 1. The van der Waals surface area contributed by atoms with Gasteiger partial charge >= 0.3 is 0 Å². The molecule has 4 fully saturated rings. The number of piperidine rings is 1. The quantitative estimate of drug-likeness (QED) is 0.782. The Hall–Kier alpha value is -0.200. The summed E-state index contributed by atoms with van der Waals surface area (Å²) in [5.41, 5.74) is 6.63. The molecule has 0 aliphatic carbocycles. The Balaban J connectivity index is 1.45. The molecule has 5 nitrogen and oxygen atoms in total. The second-order valence-corrected chi connectivity index (χ2v) is 7.38. The molecule has 4 rings (SSSR count). The van der Waals surface area contributed by atoms with Crippen LogP contribution in [0.1, 0.15) is 19.3 Å². The van der Waals surface area contributed by atoms with Gasteiger partial charge in [0, 0.05) is 50.8 Å². The van der Waals surface area contributed by atoms with Gasteiger partial charge < -0.3 is 15.4 Å². The second-order valence-electron chi connectivity index (χ2n) is 7.38. The van der Waals surface area contributed by atoms with Crippen molar-refractivity contribution in [1.29, 1.82) is 0 Å². The van der Waals surface area contributed by atoms with Gasteiger partial charge in [0.05, 0.1) is 13.2 Å². The fourth-order valence-corrected chi connectivity index (χ4v) is 5.23. The van der Waals surface area contributed by atoms with Crippen LogP contribution in [-0.4, -0.2) is 91.9 Å². The topological polar surface area (TPSA) is 45.0 Å².